The van der Waals surface area contributed by atoms with E-state index in [1.165, 1.54) is 15.4 Å². The summed E-state index contributed by atoms with van der Waals surface area (Å²) in [6.45, 7) is 5.72. The zero-order valence-corrected chi connectivity index (χ0v) is 17.9. The van der Waals surface area contributed by atoms with Crippen molar-refractivity contribution < 1.29 is 4.79 Å². The monoisotopic (exact) mass is 420 g/mol. The molecule has 2 N–H and O–H groups in total. The lowest BCUT2D eigenvalue weighted by molar-refractivity contribution is 0.0700. The highest BCUT2D eigenvalue weighted by Crippen LogP contribution is 2.37. The Bertz CT molecular complexity index is 1180. The minimum absolute atomic E-state index is 0.00817. The molecule has 1 fully saturated rings. The molecule has 7 nitrogen and oxygen atoms in total. The van der Waals surface area contributed by atoms with Gasteiger partial charge in [-0.05, 0) is 44.9 Å². The van der Waals surface area contributed by atoms with Crippen LogP contribution in [0.2, 0.25) is 0 Å². The van der Waals surface area contributed by atoms with E-state index in [0.717, 1.165) is 36.7 Å². The lowest BCUT2D eigenvalue weighted by atomic mass is 9.95. The number of hydrogen-bond acceptors (Lipinski definition) is 5. The van der Waals surface area contributed by atoms with E-state index in [9.17, 15) is 4.79 Å². The molecule has 154 valence electrons. The first kappa shape index (κ1) is 18.9. The second-order valence-corrected chi connectivity index (χ2v) is 8.96. The fourth-order valence-electron chi connectivity index (χ4n) is 4.14. The third-order valence-electron chi connectivity index (χ3n) is 5.81. The number of hydrogen-bond donors (Lipinski definition) is 2. The molecular formula is C22H24N6OS. The average Bonchev–Trinajstić information content (AvgIpc) is 3.48. The van der Waals surface area contributed by atoms with Crippen molar-refractivity contribution in [2.24, 2.45) is 0 Å². The number of anilines is 2. The quantitative estimate of drug-likeness (QED) is 0.510. The van der Waals surface area contributed by atoms with Gasteiger partial charge in [0.25, 0.3) is 5.91 Å². The number of aromatic amines is 1. The van der Waals surface area contributed by atoms with Crippen LogP contribution in [0.15, 0.2) is 42.6 Å². The Kier molecular flexibility index (Phi) is 4.78. The first-order valence-corrected chi connectivity index (χ1v) is 11.0. The van der Waals surface area contributed by atoms with Gasteiger partial charge in [0, 0.05) is 41.5 Å². The largest absolute Gasteiger partial charge is 0.337 e. The van der Waals surface area contributed by atoms with Gasteiger partial charge in [0.1, 0.15) is 10.5 Å². The molecule has 5 rings (SSSR count). The van der Waals surface area contributed by atoms with Gasteiger partial charge in [0.15, 0.2) is 0 Å². The number of likely N-dealkylation sites (tertiary alicyclic amines) is 1. The van der Waals surface area contributed by atoms with E-state index in [2.05, 4.69) is 33.8 Å². The highest BCUT2D eigenvalue weighted by molar-refractivity contribution is 7.17. The van der Waals surface area contributed by atoms with E-state index in [-0.39, 0.29) is 11.8 Å². The molecule has 1 saturated heterocycles. The summed E-state index contributed by atoms with van der Waals surface area (Å²) in [6, 6.07) is 11.8. The molecule has 0 aliphatic carbocycles. The van der Waals surface area contributed by atoms with Gasteiger partial charge >= 0.3 is 0 Å². The third-order valence-corrected chi connectivity index (χ3v) is 7.00. The number of nitrogens with zero attached hydrogens (tertiary/aromatic N) is 4. The molecule has 3 aromatic heterocycles. The molecule has 4 heterocycles. The molecule has 4 aromatic rings. The average molecular weight is 421 g/mol. The van der Waals surface area contributed by atoms with Crippen LogP contribution < -0.4 is 5.32 Å². The van der Waals surface area contributed by atoms with Crippen molar-refractivity contribution in [1.82, 2.24) is 24.5 Å². The van der Waals surface area contributed by atoms with E-state index < -0.39 is 0 Å². The molecule has 8 heteroatoms. The summed E-state index contributed by atoms with van der Waals surface area (Å²) in [5, 5.41) is 10.2. The summed E-state index contributed by atoms with van der Waals surface area (Å²) in [5.74, 6) is 1.06. The first-order chi connectivity index (χ1) is 14.6. The van der Waals surface area contributed by atoms with E-state index in [4.69, 9.17) is 4.98 Å². The minimum atomic E-state index is 0.00817. The summed E-state index contributed by atoms with van der Waals surface area (Å²) < 4.78 is 2.22. The molecule has 30 heavy (non-hydrogen) atoms. The van der Waals surface area contributed by atoms with Gasteiger partial charge in [-0.2, -0.15) is 5.10 Å². The lowest BCUT2D eigenvalue weighted by Gasteiger charge is -2.31. The van der Waals surface area contributed by atoms with Crippen LogP contribution in [0.1, 0.15) is 45.5 Å². The molecule has 0 unspecified atom stereocenters. The van der Waals surface area contributed by atoms with Crippen molar-refractivity contribution in [2.45, 2.75) is 32.6 Å². The van der Waals surface area contributed by atoms with Gasteiger partial charge in [-0.15, -0.1) is 11.3 Å². The Hall–Kier alpha value is -3.13. The maximum atomic E-state index is 12.8. The predicted molar refractivity (Wildman–Crippen MR) is 119 cm³/mol. The number of H-pyrrole nitrogens is 1. The van der Waals surface area contributed by atoms with Crippen LogP contribution in [0.5, 0.6) is 0 Å². The van der Waals surface area contributed by atoms with Gasteiger partial charge in [-0.3, -0.25) is 14.3 Å². The topological polar surface area (TPSA) is 78.3 Å². The minimum Gasteiger partial charge on any atom is -0.337 e. The van der Waals surface area contributed by atoms with Crippen LogP contribution in [0.4, 0.5) is 11.6 Å². The first-order valence-electron chi connectivity index (χ1n) is 10.2. The normalized spacial score (nSPS) is 16.9. The number of piperidine rings is 1. The fourth-order valence-corrected chi connectivity index (χ4v) is 5.30. The number of aryl methyl sites for hydroxylation is 2. The SMILES string of the molecule is Cc1sc2c([C@@H]3CCCN(C(=O)c4ccn[nH]4)C3)nc(Nc3ccccc3)n2c1C. The second-order valence-electron chi connectivity index (χ2n) is 7.76. The molecule has 0 bridgehead atoms. The standard InChI is InChI=1S/C22H24N6OS/c1-14-15(2)30-21-19(25-22(28(14)21)24-17-8-4-3-5-9-17)16-7-6-12-27(13-16)20(29)18-10-11-23-26-18/h3-5,8-11,16H,6-7,12-13H2,1-2H3,(H,23,26)(H,24,25)/t16-/m1/s1. The van der Waals surface area contributed by atoms with Crippen LogP contribution in [0.3, 0.4) is 0 Å². The Morgan fingerprint density at radius 3 is 2.83 bits per heavy atom. The highest BCUT2D eigenvalue weighted by Gasteiger charge is 2.30. The number of imidazole rings is 1. The fraction of sp³-hybridized carbons (Fsp3) is 0.318. The number of carbonyl (C=O) groups is 1. The smallest absolute Gasteiger partial charge is 0.271 e. The Labute approximate surface area is 178 Å². The third kappa shape index (κ3) is 3.27. The molecule has 1 aliphatic rings. The summed E-state index contributed by atoms with van der Waals surface area (Å²) >= 11 is 1.78. The summed E-state index contributed by atoms with van der Waals surface area (Å²) in [5.41, 5.74) is 3.84. The van der Waals surface area contributed by atoms with Crippen LogP contribution in [0, 0.1) is 13.8 Å². The number of amides is 1. The van der Waals surface area contributed by atoms with E-state index in [1.807, 2.05) is 35.2 Å². The molecule has 1 aliphatic heterocycles. The van der Waals surface area contributed by atoms with Crippen LogP contribution in [-0.2, 0) is 0 Å². The number of fused-ring (bicyclic) bond motifs is 1. The molecule has 0 spiro atoms. The van der Waals surface area contributed by atoms with E-state index >= 15 is 0 Å². The summed E-state index contributed by atoms with van der Waals surface area (Å²) in [6.07, 6.45) is 3.61. The Balaban J connectivity index is 1.49. The highest BCUT2D eigenvalue weighted by atomic mass is 32.1. The molecule has 1 atom stereocenters. The number of aromatic nitrogens is 4. The lowest BCUT2D eigenvalue weighted by Crippen LogP contribution is -2.39. The maximum Gasteiger partial charge on any atom is 0.271 e. The maximum absolute atomic E-state index is 12.8. The van der Waals surface area contributed by atoms with Crippen molar-refractivity contribution in [3.8, 4) is 0 Å². The van der Waals surface area contributed by atoms with Gasteiger partial charge in [-0.25, -0.2) is 4.98 Å². The number of thiazole rings is 1. The van der Waals surface area contributed by atoms with E-state index in [1.54, 1.807) is 23.6 Å². The van der Waals surface area contributed by atoms with Crippen molar-refractivity contribution >= 4 is 33.7 Å². The number of benzene rings is 1. The van der Waals surface area contributed by atoms with Crippen molar-refractivity contribution in [3.05, 3.63) is 64.6 Å². The van der Waals surface area contributed by atoms with Crippen molar-refractivity contribution in [2.75, 3.05) is 18.4 Å². The van der Waals surface area contributed by atoms with Crippen LogP contribution in [-0.4, -0.2) is 43.5 Å². The second kappa shape index (κ2) is 7.60. The van der Waals surface area contributed by atoms with Crippen LogP contribution in [0.25, 0.3) is 4.83 Å². The molecule has 0 radical (unpaired) electrons. The van der Waals surface area contributed by atoms with Crippen molar-refractivity contribution in [1.29, 1.82) is 0 Å². The zero-order valence-electron chi connectivity index (χ0n) is 17.1. The molecule has 1 aromatic carbocycles. The number of carbonyl (C=O) groups excluding carboxylic acids is 1. The molecular weight excluding hydrogens is 396 g/mol. The zero-order chi connectivity index (χ0) is 20.7. The number of para-hydroxylation sites is 1. The number of nitrogens with one attached hydrogen (secondary N) is 2. The van der Waals surface area contributed by atoms with E-state index in [0.29, 0.717) is 12.2 Å². The predicted octanol–water partition coefficient (Wildman–Crippen LogP) is 4.50. The summed E-state index contributed by atoms with van der Waals surface area (Å²) in [7, 11) is 0. The number of rotatable bonds is 4. The Morgan fingerprint density at radius 1 is 1.23 bits per heavy atom. The van der Waals surface area contributed by atoms with Gasteiger partial charge < -0.3 is 10.2 Å². The molecule has 0 saturated carbocycles. The summed E-state index contributed by atoms with van der Waals surface area (Å²) in [4.78, 5) is 22.2. The van der Waals surface area contributed by atoms with Gasteiger partial charge in [0.2, 0.25) is 5.95 Å². The van der Waals surface area contributed by atoms with Gasteiger partial charge in [-0.1, -0.05) is 18.2 Å². The van der Waals surface area contributed by atoms with Crippen molar-refractivity contribution in [3.63, 3.8) is 0 Å². The Morgan fingerprint density at radius 2 is 2.07 bits per heavy atom. The molecule has 1 amide bonds. The van der Waals surface area contributed by atoms with Gasteiger partial charge in [0.05, 0.1) is 5.69 Å². The van der Waals surface area contributed by atoms with Crippen LogP contribution >= 0.6 is 11.3 Å².